The monoisotopic (exact) mass is 340 g/mol. The van der Waals surface area contributed by atoms with Crippen LogP contribution in [-0.4, -0.2) is 47.4 Å². The molecule has 0 bridgehead atoms. The Hall–Kier alpha value is -1.11. The Morgan fingerprint density at radius 2 is 2.22 bits per heavy atom. The molecule has 0 aromatic heterocycles. The number of carbonyl (C=O) groups is 1. The van der Waals surface area contributed by atoms with Gasteiger partial charge in [0.2, 0.25) is 0 Å². The minimum atomic E-state index is -0.777. The summed E-state index contributed by atoms with van der Waals surface area (Å²) in [5.41, 5.74) is 0.946. The fraction of sp³-hybridized carbons (Fsp3) is 0.588. The fourth-order valence-corrected chi connectivity index (χ4v) is 3.55. The van der Waals surface area contributed by atoms with Crippen LogP contribution in [0.1, 0.15) is 38.3 Å². The molecule has 1 atom stereocenters. The maximum Gasteiger partial charge on any atom is 0.317 e. The number of nitrogens with one attached hydrogen (secondary N) is 1. The SMILES string of the molecule is CCN(CC(=O)O)C1CC(NC(C)c2ccc(SC)c(F)c2)C1. The van der Waals surface area contributed by atoms with Crippen LogP contribution >= 0.6 is 11.8 Å². The lowest BCUT2D eigenvalue weighted by Gasteiger charge is -2.43. The quantitative estimate of drug-likeness (QED) is 0.712. The summed E-state index contributed by atoms with van der Waals surface area (Å²) in [5, 5.41) is 12.4. The zero-order valence-electron chi connectivity index (χ0n) is 13.9. The topological polar surface area (TPSA) is 52.6 Å². The van der Waals surface area contributed by atoms with Gasteiger partial charge in [-0.2, -0.15) is 0 Å². The van der Waals surface area contributed by atoms with E-state index in [0.717, 1.165) is 24.9 Å². The second-order valence-electron chi connectivity index (χ2n) is 6.06. The summed E-state index contributed by atoms with van der Waals surface area (Å²) in [6.07, 6.45) is 3.75. The molecule has 0 saturated heterocycles. The van der Waals surface area contributed by atoms with Gasteiger partial charge in [-0.3, -0.25) is 9.69 Å². The zero-order chi connectivity index (χ0) is 17.0. The number of aliphatic carboxylic acids is 1. The molecule has 0 radical (unpaired) electrons. The van der Waals surface area contributed by atoms with Crippen molar-refractivity contribution in [1.29, 1.82) is 0 Å². The van der Waals surface area contributed by atoms with Crippen LogP contribution in [0.15, 0.2) is 23.1 Å². The largest absolute Gasteiger partial charge is 0.480 e. The highest BCUT2D eigenvalue weighted by Gasteiger charge is 2.34. The normalized spacial score (nSPS) is 22.0. The molecule has 1 saturated carbocycles. The molecule has 2 rings (SSSR count). The van der Waals surface area contributed by atoms with E-state index >= 15 is 0 Å². The van der Waals surface area contributed by atoms with Crippen molar-refractivity contribution in [2.75, 3.05) is 19.3 Å². The van der Waals surface area contributed by atoms with Gasteiger partial charge in [-0.05, 0) is 50.3 Å². The number of carboxylic acid groups (broad SMARTS) is 1. The first-order chi connectivity index (χ1) is 10.9. The lowest BCUT2D eigenvalue weighted by Crippen LogP contribution is -2.54. The molecule has 6 heteroatoms. The van der Waals surface area contributed by atoms with Crippen molar-refractivity contribution >= 4 is 17.7 Å². The summed E-state index contributed by atoms with van der Waals surface area (Å²) in [5.74, 6) is -0.949. The first kappa shape index (κ1) is 18.2. The molecule has 4 nitrogen and oxygen atoms in total. The third-order valence-electron chi connectivity index (χ3n) is 4.54. The lowest BCUT2D eigenvalue weighted by molar-refractivity contribution is -0.139. The number of carboxylic acids is 1. The second-order valence-corrected chi connectivity index (χ2v) is 6.91. The molecule has 1 aromatic rings. The van der Waals surface area contributed by atoms with Crippen molar-refractivity contribution in [1.82, 2.24) is 10.2 Å². The summed E-state index contributed by atoms with van der Waals surface area (Å²) >= 11 is 1.41. The first-order valence-corrected chi connectivity index (χ1v) is 9.22. The third-order valence-corrected chi connectivity index (χ3v) is 5.31. The van der Waals surface area contributed by atoms with Crippen LogP contribution in [-0.2, 0) is 4.79 Å². The predicted octanol–water partition coefficient (Wildman–Crippen LogP) is 3.14. The standard InChI is InChI=1S/C17H25FN2O2S/c1-4-20(10-17(21)22)14-8-13(9-14)19-11(2)12-5-6-16(23-3)15(18)7-12/h5-7,11,13-14,19H,4,8-10H2,1-3H3,(H,21,22). The second kappa shape index (κ2) is 8.13. The average Bonchev–Trinajstić information content (AvgIpc) is 2.47. The molecule has 1 unspecified atom stereocenters. The van der Waals surface area contributed by atoms with Gasteiger partial charge in [0.15, 0.2) is 0 Å². The molecule has 0 amide bonds. The Labute approximate surface area is 141 Å². The maximum atomic E-state index is 13.9. The van der Waals surface area contributed by atoms with Crippen LogP contribution in [0, 0.1) is 5.82 Å². The highest BCUT2D eigenvalue weighted by molar-refractivity contribution is 7.98. The lowest BCUT2D eigenvalue weighted by atomic mass is 9.84. The minimum Gasteiger partial charge on any atom is -0.480 e. The summed E-state index contributed by atoms with van der Waals surface area (Å²) in [6.45, 7) is 4.88. The Bertz CT molecular complexity index is 549. The van der Waals surface area contributed by atoms with Crippen LogP contribution in [0.25, 0.3) is 0 Å². The van der Waals surface area contributed by atoms with Crippen molar-refractivity contribution < 1.29 is 14.3 Å². The molecular weight excluding hydrogens is 315 g/mol. The van der Waals surface area contributed by atoms with E-state index < -0.39 is 5.97 Å². The number of nitrogens with zero attached hydrogens (tertiary/aromatic N) is 1. The van der Waals surface area contributed by atoms with E-state index in [0.29, 0.717) is 17.0 Å². The summed E-state index contributed by atoms with van der Waals surface area (Å²) in [7, 11) is 0. The molecule has 1 aliphatic carbocycles. The molecule has 23 heavy (non-hydrogen) atoms. The van der Waals surface area contributed by atoms with Crippen LogP contribution in [0.4, 0.5) is 4.39 Å². The van der Waals surface area contributed by atoms with Gasteiger partial charge in [-0.25, -0.2) is 4.39 Å². The molecule has 1 aliphatic rings. The van der Waals surface area contributed by atoms with E-state index in [2.05, 4.69) is 5.32 Å². The summed E-state index contributed by atoms with van der Waals surface area (Å²) < 4.78 is 13.9. The molecular formula is C17H25FN2O2S. The Balaban J connectivity index is 1.85. The molecule has 2 N–H and O–H groups in total. The molecule has 1 aromatic carbocycles. The van der Waals surface area contributed by atoms with E-state index in [1.165, 1.54) is 11.8 Å². The van der Waals surface area contributed by atoms with Gasteiger partial charge in [0.25, 0.3) is 0 Å². The predicted molar refractivity (Wildman–Crippen MR) is 91.4 cm³/mol. The maximum absolute atomic E-state index is 13.9. The van der Waals surface area contributed by atoms with Crippen LogP contribution in [0.2, 0.25) is 0 Å². The van der Waals surface area contributed by atoms with Crippen molar-refractivity contribution in [3.8, 4) is 0 Å². The van der Waals surface area contributed by atoms with E-state index in [1.807, 2.05) is 37.1 Å². The van der Waals surface area contributed by atoms with E-state index in [4.69, 9.17) is 5.11 Å². The smallest absolute Gasteiger partial charge is 0.317 e. The van der Waals surface area contributed by atoms with Crippen molar-refractivity contribution in [3.05, 3.63) is 29.6 Å². The average molecular weight is 340 g/mol. The molecule has 1 fully saturated rings. The van der Waals surface area contributed by atoms with E-state index in [-0.39, 0.29) is 18.4 Å². The van der Waals surface area contributed by atoms with Gasteiger partial charge in [0.05, 0.1) is 6.54 Å². The highest BCUT2D eigenvalue weighted by atomic mass is 32.2. The van der Waals surface area contributed by atoms with Crippen molar-refractivity contribution in [2.24, 2.45) is 0 Å². The number of likely N-dealkylation sites (N-methyl/N-ethyl adjacent to an activating group) is 1. The van der Waals surface area contributed by atoms with Gasteiger partial charge >= 0.3 is 5.97 Å². The van der Waals surface area contributed by atoms with E-state index in [9.17, 15) is 9.18 Å². The van der Waals surface area contributed by atoms with Gasteiger partial charge in [0, 0.05) is 23.0 Å². The third kappa shape index (κ3) is 4.68. The van der Waals surface area contributed by atoms with Crippen molar-refractivity contribution in [3.63, 3.8) is 0 Å². The Kier molecular flexibility index (Phi) is 6.44. The fourth-order valence-electron chi connectivity index (χ4n) is 3.10. The Morgan fingerprint density at radius 3 is 2.74 bits per heavy atom. The van der Waals surface area contributed by atoms with Gasteiger partial charge in [-0.1, -0.05) is 13.0 Å². The molecule has 0 spiro atoms. The molecule has 0 aliphatic heterocycles. The Morgan fingerprint density at radius 1 is 1.52 bits per heavy atom. The summed E-state index contributed by atoms with van der Waals surface area (Å²) in [4.78, 5) is 13.5. The number of benzene rings is 1. The number of thioether (sulfide) groups is 1. The molecule has 0 heterocycles. The van der Waals surface area contributed by atoms with Gasteiger partial charge in [0.1, 0.15) is 5.82 Å². The van der Waals surface area contributed by atoms with Crippen LogP contribution in [0.3, 0.4) is 0 Å². The zero-order valence-corrected chi connectivity index (χ0v) is 14.7. The minimum absolute atomic E-state index is 0.0842. The van der Waals surface area contributed by atoms with E-state index in [1.54, 1.807) is 6.07 Å². The highest BCUT2D eigenvalue weighted by Crippen LogP contribution is 2.29. The number of hydrogen-bond donors (Lipinski definition) is 2. The van der Waals surface area contributed by atoms with Crippen molar-refractivity contribution in [2.45, 2.75) is 49.7 Å². The van der Waals surface area contributed by atoms with Gasteiger partial charge in [-0.15, -0.1) is 11.8 Å². The first-order valence-electron chi connectivity index (χ1n) is 7.99. The molecule has 128 valence electrons. The number of halogens is 1. The van der Waals surface area contributed by atoms with Crippen LogP contribution in [0.5, 0.6) is 0 Å². The van der Waals surface area contributed by atoms with Crippen LogP contribution < -0.4 is 5.32 Å². The number of hydrogen-bond acceptors (Lipinski definition) is 4. The van der Waals surface area contributed by atoms with Gasteiger partial charge < -0.3 is 10.4 Å². The summed E-state index contributed by atoms with van der Waals surface area (Å²) in [6, 6.07) is 6.16. The number of rotatable bonds is 8.